The van der Waals surface area contributed by atoms with Crippen LogP contribution in [0.1, 0.15) is 31.9 Å². The predicted octanol–water partition coefficient (Wildman–Crippen LogP) is 3.17. The molecule has 0 unspecified atom stereocenters. The average Bonchev–Trinajstić information content (AvgIpc) is 2.21. The van der Waals surface area contributed by atoms with Crippen molar-refractivity contribution in [2.45, 2.75) is 34.1 Å². The third kappa shape index (κ3) is 6.67. The quantitative estimate of drug-likeness (QED) is 0.777. The lowest BCUT2D eigenvalue weighted by Gasteiger charge is -1.94. The van der Waals surface area contributed by atoms with E-state index in [9.17, 15) is 0 Å². The molecule has 1 aromatic carbocycles. The Morgan fingerprint density at radius 3 is 1.71 bits per heavy atom. The van der Waals surface area contributed by atoms with Crippen molar-refractivity contribution < 1.29 is 0 Å². The van der Waals surface area contributed by atoms with Crippen LogP contribution in [0.15, 0.2) is 24.3 Å². The molecule has 0 spiro atoms. The van der Waals surface area contributed by atoms with Gasteiger partial charge in [-0.3, -0.25) is 0 Å². The Hall–Kier alpha value is -0.820. The zero-order valence-electron chi connectivity index (χ0n) is 9.93. The van der Waals surface area contributed by atoms with Gasteiger partial charge in [-0.2, -0.15) is 0 Å². The molecule has 0 saturated heterocycles. The number of rotatable bonds is 3. The van der Waals surface area contributed by atoms with Gasteiger partial charge in [0.1, 0.15) is 0 Å². The second-order valence-electron chi connectivity index (χ2n) is 3.30. The van der Waals surface area contributed by atoms with E-state index in [1.807, 2.05) is 0 Å². The molecule has 0 radical (unpaired) electrons. The zero-order chi connectivity index (χ0) is 10.8. The van der Waals surface area contributed by atoms with Gasteiger partial charge in [0, 0.05) is 0 Å². The van der Waals surface area contributed by atoms with Crippen molar-refractivity contribution in [1.29, 1.82) is 0 Å². The molecule has 1 heteroatoms. The normalized spacial score (nSPS) is 9.14. The smallest absolute Gasteiger partial charge is 0.00775 e. The van der Waals surface area contributed by atoms with E-state index in [0.29, 0.717) is 0 Å². The van der Waals surface area contributed by atoms with E-state index in [-0.39, 0.29) is 0 Å². The number of nitrogens with one attached hydrogen (secondary N) is 1. The first kappa shape index (κ1) is 13.2. The van der Waals surface area contributed by atoms with Crippen LogP contribution in [-0.2, 0) is 6.42 Å². The second-order valence-corrected chi connectivity index (χ2v) is 3.30. The van der Waals surface area contributed by atoms with Crippen LogP contribution in [0, 0.1) is 6.92 Å². The zero-order valence-corrected chi connectivity index (χ0v) is 9.93. The van der Waals surface area contributed by atoms with Crippen LogP contribution in [0.4, 0.5) is 0 Å². The van der Waals surface area contributed by atoms with Crippen LogP contribution in [0.5, 0.6) is 0 Å². The molecule has 0 aliphatic heterocycles. The molecule has 80 valence electrons. The van der Waals surface area contributed by atoms with Crippen LogP contribution in [-0.4, -0.2) is 13.1 Å². The molecule has 1 rings (SSSR count). The molecule has 0 fully saturated rings. The van der Waals surface area contributed by atoms with Crippen molar-refractivity contribution in [2.24, 2.45) is 0 Å². The number of hydrogen-bond donors (Lipinski definition) is 1. The molecule has 0 aliphatic carbocycles. The summed E-state index contributed by atoms with van der Waals surface area (Å²) in [6.45, 7) is 10.7. The molecule has 0 saturated carbocycles. The summed E-state index contributed by atoms with van der Waals surface area (Å²) in [6, 6.07) is 8.66. The molecule has 0 atom stereocenters. The number of benzene rings is 1. The third-order valence-corrected chi connectivity index (χ3v) is 2.03. The second kappa shape index (κ2) is 8.76. The molecule has 14 heavy (non-hydrogen) atoms. The summed E-state index contributed by atoms with van der Waals surface area (Å²) in [5.41, 5.74) is 2.76. The first-order valence-electron chi connectivity index (χ1n) is 5.50. The maximum Gasteiger partial charge on any atom is -0.00775 e. The first-order valence-corrected chi connectivity index (χ1v) is 5.50. The predicted molar refractivity (Wildman–Crippen MR) is 64.8 cm³/mol. The van der Waals surface area contributed by atoms with E-state index >= 15 is 0 Å². The maximum atomic E-state index is 3.11. The summed E-state index contributed by atoms with van der Waals surface area (Å²) in [4.78, 5) is 0. The van der Waals surface area contributed by atoms with Crippen molar-refractivity contribution >= 4 is 0 Å². The highest BCUT2D eigenvalue weighted by molar-refractivity contribution is 5.20. The van der Waals surface area contributed by atoms with Crippen molar-refractivity contribution in [3.63, 3.8) is 0 Å². The summed E-state index contributed by atoms with van der Waals surface area (Å²) in [7, 11) is 0. The van der Waals surface area contributed by atoms with E-state index in [1.54, 1.807) is 0 Å². The van der Waals surface area contributed by atoms with Gasteiger partial charge in [0.2, 0.25) is 0 Å². The van der Waals surface area contributed by atoms with E-state index in [0.717, 1.165) is 19.5 Å². The Morgan fingerprint density at radius 2 is 1.43 bits per heavy atom. The van der Waals surface area contributed by atoms with E-state index in [2.05, 4.69) is 57.3 Å². The van der Waals surface area contributed by atoms with Gasteiger partial charge in [-0.1, -0.05) is 50.6 Å². The summed E-state index contributed by atoms with van der Waals surface area (Å²) in [5.74, 6) is 0. The lowest BCUT2D eigenvalue weighted by Crippen LogP contribution is -2.09. The van der Waals surface area contributed by atoms with Crippen LogP contribution in [0.3, 0.4) is 0 Å². The number of aryl methyl sites for hydroxylation is 2. The summed E-state index contributed by atoms with van der Waals surface area (Å²) in [6.07, 6.45) is 1.14. The van der Waals surface area contributed by atoms with Gasteiger partial charge in [0.05, 0.1) is 0 Å². The Kier molecular flexibility index (Phi) is 8.25. The van der Waals surface area contributed by atoms with Gasteiger partial charge in [0.25, 0.3) is 0 Å². The summed E-state index contributed by atoms with van der Waals surface area (Å²) in [5, 5.41) is 3.11. The average molecular weight is 193 g/mol. The highest BCUT2D eigenvalue weighted by Crippen LogP contribution is 2.02. The lowest BCUT2D eigenvalue weighted by atomic mass is 10.1. The van der Waals surface area contributed by atoms with Gasteiger partial charge in [-0.05, 0) is 32.0 Å². The van der Waals surface area contributed by atoms with Crippen molar-refractivity contribution in [3.05, 3.63) is 35.4 Å². The van der Waals surface area contributed by atoms with E-state index < -0.39 is 0 Å². The largest absolute Gasteiger partial charge is 0.317 e. The fourth-order valence-electron chi connectivity index (χ4n) is 1.07. The van der Waals surface area contributed by atoms with Crippen LogP contribution >= 0.6 is 0 Å². The van der Waals surface area contributed by atoms with Gasteiger partial charge in [-0.25, -0.2) is 0 Å². The van der Waals surface area contributed by atoms with Gasteiger partial charge in [0.15, 0.2) is 0 Å². The Balaban J connectivity index is 0.000000292. The minimum atomic E-state index is 1.09. The van der Waals surface area contributed by atoms with Crippen LogP contribution in [0.2, 0.25) is 0 Å². The van der Waals surface area contributed by atoms with Crippen LogP contribution in [0.25, 0.3) is 0 Å². The van der Waals surface area contributed by atoms with Gasteiger partial charge in [-0.15, -0.1) is 0 Å². The topological polar surface area (TPSA) is 12.0 Å². The van der Waals surface area contributed by atoms with Crippen LogP contribution < -0.4 is 5.32 Å². The monoisotopic (exact) mass is 193 g/mol. The standard InChI is InChI=1S/C9H12.C4H11N/c1-3-9-6-4-8(2)5-7-9;1-3-5-4-2/h4-7H,3H2,1-2H3;5H,3-4H2,1-2H3. The van der Waals surface area contributed by atoms with Crippen molar-refractivity contribution in [2.75, 3.05) is 13.1 Å². The fraction of sp³-hybridized carbons (Fsp3) is 0.538. The highest BCUT2D eigenvalue weighted by Gasteiger charge is 1.84. The third-order valence-electron chi connectivity index (χ3n) is 2.03. The Bertz CT molecular complexity index is 211. The number of hydrogen-bond acceptors (Lipinski definition) is 1. The van der Waals surface area contributed by atoms with E-state index in [4.69, 9.17) is 0 Å². The molecular formula is C13H23N. The van der Waals surface area contributed by atoms with Crippen molar-refractivity contribution in [1.82, 2.24) is 5.32 Å². The molecule has 0 aliphatic rings. The highest BCUT2D eigenvalue weighted by atomic mass is 14.8. The molecule has 1 nitrogen and oxygen atoms in total. The molecule has 0 bridgehead atoms. The minimum Gasteiger partial charge on any atom is -0.317 e. The van der Waals surface area contributed by atoms with Gasteiger partial charge >= 0.3 is 0 Å². The molecular weight excluding hydrogens is 170 g/mol. The Morgan fingerprint density at radius 1 is 0.929 bits per heavy atom. The molecule has 0 amide bonds. The molecule has 0 heterocycles. The maximum absolute atomic E-state index is 3.11. The minimum absolute atomic E-state index is 1.09. The van der Waals surface area contributed by atoms with Gasteiger partial charge < -0.3 is 5.32 Å². The lowest BCUT2D eigenvalue weighted by molar-refractivity contribution is 0.762. The molecule has 1 N–H and O–H groups in total. The SMILES string of the molecule is CCNCC.CCc1ccc(C)cc1. The van der Waals surface area contributed by atoms with E-state index in [1.165, 1.54) is 11.1 Å². The molecule has 0 aromatic heterocycles. The van der Waals surface area contributed by atoms with Crippen molar-refractivity contribution in [3.8, 4) is 0 Å². The molecule has 1 aromatic rings. The summed E-state index contributed by atoms with van der Waals surface area (Å²) < 4.78 is 0. The Labute approximate surface area is 88.5 Å². The fourth-order valence-corrected chi connectivity index (χ4v) is 1.07. The summed E-state index contributed by atoms with van der Waals surface area (Å²) >= 11 is 0. The first-order chi connectivity index (χ1) is 6.74.